The second-order valence-electron chi connectivity index (χ2n) is 2.36. The first-order chi connectivity index (χ1) is 5.02. The summed E-state index contributed by atoms with van der Waals surface area (Å²) < 4.78 is 22.0. The van der Waals surface area contributed by atoms with E-state index in [1.807, 2.05) is 6.08 Å². The molecule has 0 bridgehead atoms. The van der Waals surface area contributed by atoms with Gasteiger partial charge in [-0.1, -0.05) is 24.4 Å². The van der Waals surface area contributed by atoms with E-state index in [9.17, 15) is 8.42 Å². The fourth-order valence-electron chi connectivity index (χ4n) is 0.854. The summed E-state index contributed by atoms with van der Waals surface area (Å²) in [5.74, 6) is 0. The quantitative estimate of drug-likeness (QED) is 0.581. The van der Waals surface area contributed by atoms with Gasteiger partial charge in [-0.05, 0) is 6.08 Å². The van der Waals surface area contributed by atoms with Crippen LogP contribution in [-0.4, -0.2) is 19.5 Å². The molecule has 0 aliphatic heterocycles. The van der Waals surface area contributed by atoms with E-state index in [-0.39, 0.29) is 4.91 Å². The van der Waals surface area contributed by atoms with Crippen molar-refractivity contribution in [2.45, 2.75) is 6.42 Å². The molecule has 0 aromatic rings. The van der Waals surface area contributed by atoms with E-state index in [2.05, 4.69) is 0 Å². The summed E-state index contributed by atoms with van der Waals surface area (Å²) in [5.41, 5.74) is 0. The average Bonchev–Trinajstić information content (AvgIpc) is 1.86. The van der Waals surface area contributed by atoms with E-state index in [1.165, 1.54) is 6.26 Å². The van der Waals surface area contributed by atoms with Crippen molar-refractivity contribution in [1.29, 1.82) is 0 Å². The van der Waals surface area contributed by atoms with Crippen molar-refractivity contribution in [3.8, 4) is 0 Å². The molecule has 4 heteroatoms. The van der Waals surface area contributed by atoms with Gasteiger partial charge in [-0.15, -0.1) is 0 Å². The molecule has 0 aromatic heterocycles. The normalized spacial score (nSPS) is 18.3. The second kappa shape index (κ2) is 2.87. The number of hydrogen-bond acceptors (Lipinski definition) is 3. The number of hydrogen-bond donors (Lipinski definition) is 0. The van der Waals surface area contributed by atoms with Gasteiger partial charge in [-0.25, -0.2) is 8.42 Å². The molecule has 60 valence electrons. The molecular weight excluding hydrogens is 180 g/mol. The maximum absolute atomic E-state index is 11.0. The van der Waals surface area contributed by atoms with Crippen molar-refractivity contribution in [1.82, 2.24) is 0 Å². The highest BCUT2D eigenvalue weighted by molar-refractivity contribution is 7.97. The largest absolute Gasteiger partial charge is 0.224 e. The first kappa shape index (κ1) is 8.62. The van der Waals surface area contributed by atoms with Gasteiger partial charge in [-0.3, -0.25) is 0 Å². The third kappa shape index (κ3) is 1.97. The summed E-state index contributed by atoms with van der Waals surface area (Å²) in [6, 6.07) is 0. The molecule has 0 heterocycles. The lowest BCUT2D eigenvalue weighted by Crippen LogP contribution is -2.11. The smallest absolute Gasteiger partial charge is 0.176 e. The molecule has 0 fully saturated rings. The Morgan fingerprint density at radius 2 is 2.18 bits per heavy atom. The first-order valence-electron chi connectivity index (χ1n) is 3.12. The van der Waals surface area contributed by atoms with Crippen LogP contribution in [0.4, 0.5) is 0 Å². The topological polar surface area (TPSA) is 34.1 Å². The summed E-state index contributed by atoms with van der Waals surface area (Å²) in [6.45, 7) is 0. The van der Waals surface area contributed by atoms with Gasteiger partial charge < -0.3 is 0 Å². The van der Waals surface area contributed by atoms with Crippen LogP contribution in [0, 0.1) is 0 Å². The zero-order valence-electron chi connectivity index (χ0n) is 6.07. The molecular formula is C7H8O2S2. The third-order valence-corrected chi connectivity index (χ3v) is 3.06. The minimum Gasteiger partial charge on any atom is -0.224 e. The minimum absolute atomic E-state index is 0.287. The highest BCUT2D eigenvalue weighted by Crippen LogP contribution is 2.14. The summed E-state index contributed by atoms with van der Waals surface area (Å²) in [5, 5.41) is 0. The Kier molecular flexibility index (Phi) is 2.25. The molecule has 1 aliphatic rings. The van der Waals surface area contributed by atoms with Crippen molar-refractivity contribution in [2.75, 3.05) is 6.26 Å². The third-order valence-electron chi connectivity index (χ3n) is 1.36. The van der Waals surface area contributed by atoms with Gasteiger partial charge in [0.1, 0.15) is 0 Å². The molecule has 0 amide bonds. The molecule has 0 spiro atoms. The van der Waals surface area contributed by atoms with Crippen molar-refractivity contribution in [3.63, 3.8) is 0 Å². The molecule has 2 nitrogen and oxygen atoms in total. The van der Waals surface area contributed by atoms with E-state index in [4.69, 9.17) is 12.2 Å². The summed E-state index contributed by atoms with van der Waals surface area (Å²) in [6.07, 6.45) is 6.84. The monoisotopic (exact) mass is 188 g/mol. The fourth-order valence-corrected chi connectivity index (χ4v) is 2.30. The van der Waals surface area contributed by atoms with Gasteiger partial charge >= 0.3 is 0 Å². The van der Waals surface area contributed by atoms with Crippen LogP contribution < -0.4 is 0 Å². The molecule has 0 saturated heterocycles. The minimum atomic E-state index is -3.11. The van der Waals surface area contributed by atoms with E-state index < -0.39 is 9.84 Å². The van der Waals surface area contributed by atoms with Crippen LogP contribution in [0.1, 0.15) is 6.42 Å². The van der Waals surface area contributed by atoms with Gasteiger partial charge in [0.15, 0.2) is 9.84 Å². The zero-order chi connectivity index (χ0) is 8.48. The van der Waals surface area contributed by atoms with Crippen LogP contribution in [0.5, 0.6) is 0 Å². The Bertz CT molecular complexity index is 333. The highest BCUT2D eigenvalue weighted by atomic mass is 32.2. The SMILES string of the molecule is CS(=O)(=O)C1=CC=CCC1=S. The molecule has 0 unspecified atom stereocenters. The maximum atomic E-state index is 11.0. The molecule has 11 heavy (non-hydrogen) atoms. The van der Waals surface area contributed by atoms with Gasteiger partial charge in [0.2, 0.25) is 0 Å². The Morgan fingerprint density at radius 3 is 2.55 bits per heavy atom. The lowest BCUT2D eigenvalue weighted by molar-refractivity contribution is 0.609. The van der Waals surface area contributed by atoms with Gasteiger partial charge in [0.05, 0.1) is 4.91 Å². The Labute approximate surface area is 71.5 Å². The highest BCUT2D eigenvalue weighted by Gasteiger charge is 2.16. The molecule has 0 N–H and O–H groups in total. The van der Waals surface area contributed by atoms with Crippen LogP contribution in [0.15, 0.2) is 23.1 Å². The van der Waals surface area contributed by atoms with Gasteiger partial charge in [-0.2, -0.15) is 0 Å². The van der Waals surface area contributed by atoms with Crippen molar-refractivity contribution >= 4 is 26.9 Å². The second-order valence-corrected chi connectivity index (χ2v) is 4.84. The number of thiocarbonyl (C=S) groups is 1. The van der Waals surface area contributed by atoms with Gasteiger partial charge in [0.25, 0.3) is 0 Å². The zero-order valence-corrected chi connectivity index (χ0v) is 7.71. The summed E-state index contributed by atoms with van der Waals surface area (Å²) in [4.78, 5) is 0.796. The van der Waals surface area contributed by atoms with Crippen LogP contribution in [-0.2, 0) is 9.84 Å². The Hall–Kier alpha value is -0.480. The average molecular weight is 188 g/mol. The van der Waals surface area contributed by atoms with Crippen molar-refractivity contribution in [2.24, 2.45) is 0 Å². The Morgan fingerprint density at radius 1 is 1.55 bits per heavy atom. The fraction of sp³-hybridized carbons (Fsp3) is 0.286. The standard InChI is InChI=1S/C7H8O2S2/c1-11(8,9)7-5-3-2-4-6(7)10/h2-3,5H,4H2,1H3. The predicted molar refractivity (Wildman–Crippen MR) is 49.3 cm³/mol. The molecule has 0 atom stereocenters. The summed E-state index contributed by atoms with van der Waals surface area (Å²) >= 11 is 4.88. The number of allylic oxidation sites excluding steroid dienone is 4. The molecule has 1 aliphatic carbocycles. The Balaban J connectivity index is 3.14. The van der Waals surface area contributed by atoms with Crippen molar-refractivity contribution < 1.29 is 8.42 Å². The predicted octanol–water partition coefficient (Wildman–Crippen LogP) is 1.24. The van der Waals surface area contributed by atoms with E-state index in [0.717, 1.165) is 0 Å². The van der Waals surface area contributed by atoms with Gasteiger partial charge in [0, 0.05) is 17.5 Å². The van der Waals surface area contributed by atoms with Crippen LogP contribution >= 0.6 is 12.2 Å². The van der Waals surface area contributed by atoms with Crippen LogP contribution in [0.25, 0.3) is 0 Å². The van der Waals surface area contributed by atoms with Crippen molar-refractivity contribution in [3.05, 3.63) is 23.1 Å². The lowest BCUT2D eigenvalue weighted by Gasteiger charge is -2.06. The van der Waals surface area contributed by atoms with Crippen LogP contribution in [0.2, 0.25) is 0 Å². The van der Waals surface area contributed by atoms with E-state index in [0.29, 0.717) is 11.3 Å². The molecule has 0 aromatic carbocycles. The summed E-state index contributed by atoms with van der Waals surface area (Å²) in [7, 11) is -3.11. The number of rotatable bonds is 1. The first-order valence-corrected chi connectivity index (χ1v) is 5.42. The number of sulfone groups is 1. The van der Waals surface area contributed by atoms with E-state index in [1.54, 1.807) is 12.2 Å². The molecule has 1 rings (SSSR count). The molecule has 0 radical (unpaired) electrons. The lowest BCUT2D eigenvalue weighted by atomic mass is 10.2. The van der Waals surface area contributed by atoms with E-state index >= 15 is 0 Å². The molecule has 0 saturated carbocycles. The van der Waals surface area contributed by atoms with Crippen LogP contribution in [0.3, 0.4) is 0 Å². The maximum Gasteiger partial charge on any atom is 0.176 e.